The van der Waals surface area contributed by atoms with Gasteiger partial charge in [-0.3, -0.25) is 10.1 Å². The van der Waals surface area contributed by atoms with Crippen molar-refractivity contribution in [2.45, 2.75) is 46.7 Å². The van der Waals surface area contributed by atoms with Gasteiger partial charge in [0.15, 0.2) is 0 Å². The molecule has 0 aromatic carbocycles. The van der Waals surface area contributed by atoms with Crippen molar-refractivity contribution in [3.8, 4) is 0 Å². The van der Waals surface area contributed by atoms with Gasteiger partial charge in [0.25, 0.3) is 0 Å². The number of anilines is 1. The summed E-state index contributed by atoms with van der Waals surface area (Å²) in [6, 6.07) is -1.03. The number of hydrogen-bond donors (Lipinski definition) is 2. The second-order valence-corrected chi connectivity index (χ2v) is 5.28. The minimum Gasteiger partial charge on any atom is -0.480 e. The van der Waals surface area contributed by atoms with Crippen molar-refractivity contribution in [3.63, 3.8) is 0 Å². The minimum atomic E-state index is -1.05. The lowest BCUT2D eigenvalue weighted by Gasteiger charge is -2.20. The molecule has 0 saturated carbocycles. The Morgan fingerprint density at radius 3 is 2.30 bits per heavy atom. The van der Waals surface area contributed by atoms with Crippen LogP contribution in [0.5, 0.6) is 0 Å². The Labute approximate surface area is 116 Å². The van der Waals surface area contributed by atoms with E-state index in [1.807, 2.05) is 13.8 Å². The van der Waals surface area contributed by atoms with Crippen molar-refractivity contribution in [2.24, 2.45) is 5.92 Å². The fourth-order valence-corrected chi connectivity index (χ4v) is 1.93. The van der Waals surface area contributed by atoms with Gasteiger partial charge in [-0.2, -0.15) is 5.10 Å². The summed E-state index contributed by atoms with van der Waals surface area (Å²) in [5, 5.41) is 27.3. The molecule has 0 aliphatic heterocycles. The predicted octanol–water partition coefficient (Wildman–Crippen LogP) is 2.20. The maximum atomic E-state index is 11.3. The van der Waals surface area contributed by atoms with E-state index in [-0.39, 0.29) is 29.2 Å². The maximum absolute atomic E-state index is 11.3. The summed E-state index contributed by atoms with van der Waals surface area (Å²) in [5.74, 6) is -1.13. The Balaban J connectivity index is 3.33. The molecule has 0 aliphatic rings. The SMILES string of the molecule is Cc1nn(C(C)C)c(NC(C(=O)O)C(C)C)c1[N+](=O)[O-]. The number of hydrogen-bond acceptors (Lipinski definition) is 5. The number of nitrogens with zero attached hydrogens (tertiary/aromatic N) is 3. The number of carbonyl (C=O) groups is 1. The van der Waals surface area contributed by atoms with Crippen molar-refractivity contribution in [2.75, 3.05) is 5.32 Å². The molecule has 0 radical (unpaired) electrons. The van der Waals surface area contributed by atoms with E-state index in [1.165, 1.54) is 11.6 Å². The standard InChI is InChI=1S/C12H20N4O4/c1-6(2)9(12(17)18)13-11-10(16(19)20)8(5)14-15(11)7(3)4/h6-7,9,13H,1-5H3,(H,17,18). The maximum Gasteiger partial charge on any atom is 0.333 e. The zero-order chi connectivity index (χ0) is 15.6. The smallest absolute Gasteiger partial charge is 0.333 e. The number of nitrogens with one attached hydrogen (secondary N) is 1. The molecule has 0 amide bonds. The first-order valence-corrected chi connectivity index (χ1v) is 6.39. The molecule has 8 nitrogen and oxygen atoms in total. The van der Waals surface area contributed by atoms with E-state index in [4.69, 9.17) is 0 Å². The molecule has 2 N–H and O–H groups in total. The van der Waals surface area contributed by atoms with Crippen LogP contribution in [0.3, 0.4) is 0 Å². The average Bonchev–Trinajstić information content (AvgIpc) is 2.62. The lowest BCUT2D eigenvalue weighted by Crippen LogP contribution is -2.35. The molecule has 1 atom stereocenters. The third-order valence-electron chi connectivity index (χ3n) is 2.95. The zero-order valence-corrected chi connectivity index (χ0v) is 12.2. The Kier molecular flexibility index (Phi) is 4.69. The number of aliphatic carboxylic acids is 1. The van der Waals surface area contributed by atoms with E-state index in [2.05, 4.69) is 10.4 Å². The summed E-state index contributed by atoms with van der Waals surface area (Å²) in [5.41, 5.74) is 0.0877. The monoisotopic (exact) mass is 284 g/mol. The summed E-state index contributed by atoms with van der Waals surface area (Å²) >= 11 is 0. The van der Waals surface area contributed by atoms with E-state index < -0.39 is 16.9 Å². The van der Waals surface area contributed by atoms with Crippen molar-refractivity contribution < 1.29 is 14.8 Å². The first-order chi connectivity index (χ1) is 9.16. The molecule has 0 aliphatic carbocycles. The molecule has 1 aromatic heterocycles. The van der Waals surface area contributed by atoms with Crippen LogP contribution in [0.25, 0.3) is 0 Å². The molecular weight excluding hydrogens is 264 g/mol. The Morgan fingerprint density at radius 1 is 1.40 bits per heavy atom. The molecule has 8 heteroatoms. The van der Waals surface area contributed by atoms with Gasteiger partial charge < -0.3 is 10.4 Å². The van der Waals surface area contributed by atoms with Gasteiger partial charge in [-0.25, -0.2) is 9.48 Å². The molecule has 1 heterocycles. The van der Waals surface area contributed by atoms with Crippen LogP contribution in [0.2, 0.25) is 0 Å². The van der Waals surface area contributed by atoms with E-state index in [0.717, 1.165) is 0 Å². The van der Waals surface area contributed by atoms with Gasteiger partial charge in [-0.05, 0) is 26.7 Å². The Hall–Kier alpha value is -2.12. The molecule has 0 saturated heterocycles. The van der Waals surface area contributed by atoms with E-state index in [1.54, 1.807) is 13.8 Å². The molecule has 0 fully saturated rings. The molecule has 0 bridgehead atoms. The van der Waals surface area contributed by atoms with Gasteiger partial charge in [0, 0.05) is 6.04 Å². The summed E-state index contributed by atoms with van der Waals surface area (Å²) in [4.78, 5) is 21.9. The fraction of sp³-hybridized carbons (Fsp3) is 0.667. The lowest BCUT2D eigenvalue weighted by atomic mass is 10.0. The van der Waals surface area contributed by atoms with Crippen molar-refractivity contribution in [1.82, 2.24) is 9.78 Å². The highest BCUT2D eigenvalue weighted by Gasteiger charge is 2.31. The summed E-state index contributed by atoms with van der Waals surface area (Å²) in [7, 11) is 0. The fourth-order valence-electron chi connectivity index (χ4n) is 1.93. The lowest BCUT2D eigenvalue weighted by molar-refractivity contribution is -0.384. The molecule has 112 valence electrons. The zero-order valence-electron chi connectivity index (χ0n) is 12.2. The van der Waals surface area contributed by atoms with E-state index in [0.29, 0.717) is 0 Å². The van der Waals surface area contributed by atoms with Gasteiger partial charge in [-0.15, -0.1) is 0 Å². The van der Waals surface area contributed by atoms with Crippen molar-refractivity contribution in [3.05, 3.63) is 15.8 Å². The Morgan fingerprint density at radius 2 is 1.95 bits per heavy atom. The predicted molar refractivity (Wildman–Crippen MR) is 73.9 cm³/mol. The van der Waals surface area contributed by atoms with Crippen LogP contribution in [0.15, 0.2) is 0 Å². The van der Waals surface area contributed by atoms with Crippen LogP contribution < -0.4 is 5.32 Å². The second kappa shape index (κ2) is 5.89. The first kappa shape index (κ1) is 15.9. The van der Waals surface area contributed by atoms with Gasteiger partial charge in [0.2, 0.25) is 5.82 Å². The first-order valence-electron chi connectivity index (χ1n) is 6.39. The number of aryl methyl sites for hydroxylation is 1. The van der Waals surface area contributed by atoms with Crippen LogP contribution in [0.4, 0.5) is 11.5 Å². The Bertz CT molecular complexity index is 522. The molecular formula is C12H20N4O4. The van der Waals surface area contributed by atoms with Crippen LogP contribution in [-0.2, 0) is 4.79 Å². The van der Waals surface area contributed by atoms with Gasteiger partial charge in [0.1, 0.15) is 11.7 Å². The molecule has 0 spiro atoms. The van der Waals surface area contributed by atoms with Gasteiger partial charge in [-0.1, -0.05) is 13.8 Å². The highest BCUT2D eigenvalue weighted by atomic mass is 16.6. The third kappa shape index (κ3) is 3.06. The average molecular weight is 284 g/mol. The summed E-state index contributed by atoms with van der Waals surface area (Å²) in [6.45, 7) is 8.66. The highest BCUT2D eigenvalue weighted by Crippen LogP contribution is 2.31. The van der Waals surface area contributed by atoms with E-state index in [9.17, 15) is 20.0 Å². The second-order valence-electron chi connectivity index (χ2n) is 5.28. The van der Waals surface area contributed by atoms with Gasteiger partial charge >= 0.3 is 11.7 Å². The summed E-state index contributed by atoms with van der Waals surface area (Å²) in [6.07, 6.45) is 0. The van der Waals surface area contributed by atoms with Crippen LogP contribution >= 0.6 is 0 Å². The summed E-state index contributed by atoms with van der Waals surface area (Å²) < 4.78 is 1.45. The number of carboxylic acids is 1. The normalized spacial score (nSPS) is 12.8. The topological polar surface area (TPSA) is 110 Å². The quantitative estimate of drug-likeness (QED) is 0.612. The molecule has 1 rings (SSSR count). The highest BCUT2D eigenvalue weighted by molar-refractivity contribution is 5.78. The third-order valence-corrected chi connectivity index (χ3v) is 2.95. The number of carboxylic acid groups (broad SMARTS) is 1. The molecule has 1 aromatic rings. The van der Waals surface area contributed by atoms with Crippen LogP contribution in [-0.4, -0.2) is 31.8 Å². The van der Waals surface area contributed by atoms with Crippen LogP contribution in [0, 0.1) is 23.0 Å². The molecule has 20 heavy (non-hydrogen) atoms. The largest absolute Gasteiger partial charge is 0.480 e. The number of rotatable bonds is 6. The molecule has 1 unspecified atom stereocenters. The number of aromatic nitrogens is 2. The van der Waals surface area contributed by atoms with Crippen molar-refractivity contribution >= 4 is 17.5 Å². The minimum absolute atomic E-state index is 0.119. The van der Waals surface area contributed by atoms with Crippen molar-refractivity contribution in [1.29, 1.82) is 0 Å². The van der Waals surface area contributed by atoms with E-state index >= 15 is 0 Å². The van der Waals surface area contributed by atoms with Crippen LogP contribution in [0.1, 0.15) is 39.4 Å². The number of nitro groups is 1. The van der Waals surface area contributed by atoms with Gasteiger partial charge in [0.05, 0.1) is 4.92 Å².